The number of carbonyl (C=O) groups excluding carboxylic acids is 1. The molecule has 1 amide bonds. The molecule has 3 rings (SSSR count). The van der Waals surface area contributed by atoms with Crippen molar-refractivity contribution in [3.8, 4) is 0 Å². The van der Waals surface area contributed by atoms with Gasteiger partial charge in [-0.2, -0.15) is 0 Å². The standard InChI is InChI=1S/C17H15Cl2N3O3S/c1-26(24,25)10-16-21-14-4-2-3-5-15(14)22(16)9-17(23)20-11-6-7-12(18)13(19)8-11/h2-8H,9-10H2,1H3,(H,20,23). The summed E-state index contributed by atoms with van der Waals surface area (Å²) < 4.78 is 25.0. The van der Waals surface area contributed by atoms with Gasteiger partial charge >= 0.3 is 0 Å². The Morgan fingerprint density at radius 1 is 1.15 bits per heavy atom. The number of sulfone groups is 1. The Labute approximate surface area is 160 Å². The quantitative estimate of drug-likeness (QED) is 0.695. The predicted molar refractivity (Wildman–Crippen MR) is 103 cm³/mol. The smallest absolute Gasteiger partial charge is 0.244 e. The highest BCUT2D eigenvalue weighted by Crippen LogP contribution is 2.25. The van der Waals surface area contributed by atoms with Crippen LogP contribution in [-0.4, -0.2) is 30.1 Å². The Hall–Kier alpha value is -2.09. The lowest BCUT2D eigenvalue weighted by Gasteiger charge is -2.10. The maximum Gasteiger partial charge on any atom is 0.244 e. The van der Waals surface area contributed by atoms with Crippen LogP contribution in [0.15, 0.2) is 42.5 Å². The fourth-order valence-corrected chi connectivity index (χ4v) is 3.55. The fraction of sp³-hybridized carbons (Fsp3) is 0.176. The van der Waals surface area contributed by atoms with Crippen molar-refractivity contribution in [2.24, 2.45) is 0 Å². The third-order valence-corrected chi connectivity index (χ3v) is 5.15. The number of para-hydroxylation sites is 2. The molecule has 9 heteroatoms. The van der Waals surface area contributed by atoms with Gasteiger partial charge in [-0.05, 0) is 30.3 Å². The minimum absolute atomic E-state index is 0.0778. The molecule has 0 aliphatic rings. The number of halogens is 2. The third-order valence-electron chi connectivity index (χ3n) is 3.63. The zero-order valence-electron chi connectivity index (χ0n) is 13.7. The zero-order valence-corrected chi connectivity index (χ0v) is 16.1. The van der Waals surface area contributed by atoms with E-state index in [1.54, 1.807) is 41.0 Å². The van der Waals surface area contributed by atoms with Gasteiger partial charge < -0.3 is 9.88 Å². The molecule has 0 fully saturated rings. The number of nitrogens with one attached hydrogen (secondary N) is 1. The van der Waals surface area contributed by atoms with Crippen LogP contribution in [0.3, 0.4) is 0 Å². The molecule has 0 unspecified atom stereocenters. The summed E-state index contributed by atoms with van der Waals surface area (Å²) >= 11 is 11.8. The van der Waals surface area contributed by atoms with E-state index in [0.717, 1.165) is 6.26 Å². The molecule has 0 bridgehead atoms. The van der Waals surface area contributed by atoms with Crippen molar-refractivity contribution >= 4 is 55.7 Å². The maximum absolute atomic E-state index is 12.5. The highest BCUT2D eigenvalue weighted by atomic mass is 35.5. The lowest BCUT2D eigenvalue weighted by atomic mass is 10.3. The van der Waals surface area contributed by atoms with Crippen LogP contribution < -0.4 is 5.32 Å². The topological polar surface area (TPSA) is 81.1 Å². The number of anilines is 1. The number of imidazole rings is 1. The Balaban J connectivity index is 1.90. The van der Waals surface area contributed by atoms with Crippen LogP contribution in [0.5, 0.6) is 0 Å². The Bertz CT molecular complexity index is 1090. The minimum atomic E-state index is -3.30. The van der Waals surface area contributed by atoms with E-state index in [0.29, 0.717) is 32.6 Å². The van der Waals surface area contributed by atoms with Gasteiger partial charge in [-0.15, -0.1) is 0 Å². The molecule has 0 aliphatic heterocycles. The first-order valence-corrected chi connectivity index (χ1v) is 10.4. The van der Waals surface area contributed by atoms with Crippen LogP contribution in [0.4, 0.5) is 5.69 Å². The number of carbonyl (C=O) groups is 1. The Morgan fingerprint density at radius 3 is 2.58 bits per heavy atom. The first-order chi connectivity index (χ1) is 12.2. The number of nitrogens with zero attached hydrogens (tertiary/aromatic N) is 2. The molecule has 1 heterocycles. The lowest BCUT2D eigenvalue weighted by molar-refractivity contribution is -0.116. The number of fused-ring (bicyclic) bond motifs is 1. The summed E-state index contributed by atoms with van der Waals surface area (Å²) in [5, 5.41) is 3.44. The Morgan fingerprint density at radius 2 is 1.88 bits per heavy atom. The second-order valence-corrected chi connectivity index (χ2v) is 8.80. The summed E-state index contributed by atoms with van der Waals surface area (Å²) in [6, 6.07) is 11.9. The molecule has 1 aromatic heterocycles. The van der Waals surface area contributed by atoms with Crippen molar-refractivity contribution in [2.75, 3.05) is 11.6 Å². The molecule has 2 aromatic carbocycles. The molecule has 0 saturated carbocycles. The molecule has 1 N–H and O–H groups in total. The van der Waals surface area contributed by atoms with E-state index >= 15 is 0 Å². The molecule has 0 radical (unpaired) electrons. The molecule has 0 saturated heterocycles. The third kappa shape index (κ3) is 4.35. The largest absolute Gasteiger partial charge is 0.324 e. The zero-order chi connectivity index (χ0) is 18.9. The number of aromatic nitrogens is 2. The fourth-order valence-electron chi connectivity index (χ4n) is 2.56. The van der Waals surface area contributed by atoms with E-state index in [9.17, 15) is 13.2 Å². The van der Waals surface area contributed by atoms with Crippen LogP contribution in [0, 0.1) is 0 Å². The van der Waals surface area contributed by atoms with E-state index in [4.69, 9.17) is 23.2 Å². The SMILES string of the molecule is CS(=O)(=O)Cc1nc2ccccc2n1CC(=O)Nc1ccc(Cl)c(Cl)c1. The van der Waals surface area contributed by atoms with Crippen molar-refractivity contribution in [2.45, 2.75) is 12.3 Å². The predicted octanol–water partition coefficient (Wildman–Crippen LogP) is 3.53. The lowest BCUT2D eigenvalue weighted by Crippen LogP contribution is -2.21. The number of hydrogen-bond acceptors (Lipinski definition) is 4. The van der Waals surface area contributed by atoms with Gasteiger partial charge in [0.25, 0.3) is 0 Å². The average molecular weight is 412 g/mol. The molecular formula is C17H15Cl2N3O3S. The maximum atomic E-state index is 12.5. The van der Waals surface area contributed by atoms with Gasteiger partial charge in [-0.3, -0.25) is 4.79 Å². The van der Waals surface area contributed by atoms with Gasteiger partial charge in [0, 0.05) is 11.9 Å². The second-order valence-electron chi connectivity index (χ2n) is 5.85. The summed E-state index contributed by atoms with van der Waals surface area (Å²) in [5.41, 5.74) is 1.82. The highest BCUT2D eigenvalue weighted by Gasteiger charge is 2.17. The number of amides is 1. The van der Waals surface area contributed by atoms with Gasteiger partial charge in [-0.25, -0.2) is 13.4 Å². The average Bonchev–Trinajstić information content (AvgIpc) is 2.86. The van der Waals surface area contributed by atoms with Crippen molar-refractivity contribution in [1.29, 1.82) is 0 Å². The summed E-state index contributed by atoms with van der Waals surface area (Å²) in [6.45, 7) is -0.0778. The van der Waals surface area contributed by atoms with Crippen molar-refractivity contribution < 1.29 is 13.2 Å². The van der Waals surface area contributed by atoms with E-state index in [-0.39, 0.29) is 18.2 Å². The molecular weight excluding hydrogens is 397 g/mol. The summed E-state index contributed by atoms with van der Waals surface area (Å²) in [6.07, 6.45) is 1.13. The molecule has 6 nitrogen and oxygen atoms in total. The van der Waals surface area contributed by atoms with Gasteiger partial charge in [-0.1, -0.05) is 35.3 Å². The van der Waals surface area contributed by atoms with E-state index in [1.165, 1.54) is 0 Å². The number of hydrogen-bond donors (Lipinski definition) is 1. The molecule has 0 atom stereocenters. The summed E-state index contributed by atoms with van der Waals surface area (Å²) in [7, 11) is -3.30. The molecule has 0 spiro atoms. The highest BCUT2D eigenvalue weighted by molar-refractivity contribution is 7.89. The van der Waals surface area contributed by atoms with Crippen LogP contribution in [0.2, 0.25) is 10.0 Å². The number of rotatable bonds is 5. The van der Waals surface area contributed by atoms with Crippen LogP contribution in [0.1, 0.15) is 5.82 Å². The summed E-state index contributed by atoms with van der Waals surface area (Å²) in [5.74, 6) is -0.263. The first kappa shape index (κ1) is 18.7. The molecule has 26 heavy (non-hydrogen) atoms. The Kier molecular flexibility index (Phi) is 5.22. The first-order valence-electron chi connectivity index (χ1n) is 7.60. The second kappa shape index (κ2) is 7.26. The van der Waals surface area contributed by atoms with Crippen molar-refractivity contribution in [3.63, 3.8) is 0 Å². The van der Waals surface area contributed by atoms with Gasteiger partial charge in [0.05, 0.1) is 21.1 Å². The van der Waals surface area contributed by atoms with E-state index in [2.05, 4.69) is 10.3 Å². The van der Waals surface area contributed by atoms with Crippen molar-refractivity contribution in [1.82, 2.24) is 9.55 Å². The van der Waals surface area contributed by atoms with Gasteiger partial charge in [0.2, 0.25) is 5.91 Å². The normalized spacial score (nSPS) is 11.7. The molecule has 136 valence electrons. The van der Waals surface area contributed by atoms with Gasteiger partial charge in [0.1, 0.15) is 18.1 Å². The van der Waals surface area contributed by atoms with Crippen LogP contribution >= 0.6 is 23.2 Å². The van der Waals surface area contributed by atoms with E-state index < -0.39 is 9.84 Å². The van der Waals surface area contributed by atoms with Crippen LogP contribution in [0.25, 0.3) is 11.0 Å². The molecule has 0 aliphatic carbocycles. The van der Waals surface area contributed by atoms with E-state index in [1.807, 2.05) is 6.07 Å². The van der Waals surface area contributed by atoms with Crippen molar-refractivity contribution in [3.05, 3.63) is 58.3 Å². The number of benzene rings is 2. The summed E-state index contributed by atoms with van der Waals surface area (Å²) in [4.78, 5) is 16.8. The minimum Gasteiger partial charge on any atom is -0.324 e. The molecule has 3 aromatic rings. The monoisotopic (exact) mass is 411 g/mol. The van der Waals surface area contributed by atoms with Crippen LogP contribution in [-0.2, 0) is 26.9 Å². The van der Waals surface area contributed by atoms with Gasteiger partial charge in [0.15, 0.2) is 9.84 Å².